The smallest absolute Gasteiger partial charge is 0.223 e. The summed E-state index contributed by atoms with van der Waals surface area (Å²) < 4.78 is 0.824. The Hall–Kier alpha value is -1.16. The number of ketones is 1. The molecule has 0 aliphatic carbocycles. The Bertz CT molecular complexity index is 523. The fourth-order valence-electron chi connectivity index (χ4n) is 2.23. The monoisotopic (exact) mass is 309 g/mol. The lowest BCUT2D eigenvalue weighted by atomic mass is 9.99. The summed E-state index contributed by atoms with van der Waals surface area (Å²) in [5, 5.41) is 0. The highest BCUT2D eigenvalue weighted by molar-refractivity contribution is 9.10. The van der Waals surface area contributed by atoms with E-state index in [1.165, 1.54) is 0 Å². The fraction of sp³-hybridized carbons (Fsp3) is 0.429. The van der Waals surface area contributed by atoms with Gasteiger partial charge in [-0.05, 0) is 24.1 Å². The lowest BCUT2D eigenvalue weighted by Crippen LogP contribution is -2.26. The number of amides is 1. The maximum Gasteiger partial charge on any atom is 0.223 e. The Labute approximate surface area is 115 Å². The van der Waals surface area contributed by atoms with E-state index in [0.29, 0.717) is 12.1 Å². The number of hydrogen-bond acceptors (Lipinski definition) is 2. The maximum atomic E-state index is 12.1. The van der Waals surface area contributed by atoms with Crippen molar-refractivity contribution in [1.82, 2.24) is 0 Å². The van der Waals surface area contributed by atoms with Crippen LogP contribution in [0.5, 0.6) is 0 Å². The van der Waals surface area contributed by atoms with Crippen LogP contribution in [0.4, 0.5) is 5.69 Å². The topological polar surface area (TPSA) is 37.4 Å². The van der Waals surface area contributed by atoms with E-state index in [-0.39, 0.29) is 17.6 Å². The largest absolute Gasteiger partial charge is 0.312 e. The van der Waals surface area contributed by atoms with E-state index in [1.807, 2.05) is 26.0 Å². The van der Waals surface area contributed by atoms with Gasteiger partial charge in [-0.15, -0.1) is 0 Å². The first-order valence-corrected chi connectivity index (χ1v) is 6.86. The lowest BCUT2D eigenvalue weighted by Gasteiger charge is -2.16. The minimum atomic E-state index is -0.0495. The quantitative estimate of drug-likeness (QED) is 0.787. The summed E-state index contributed by atoms with van der Waals surface area (Å²) >= 11 is 3.45. The number of Topliss-reactive ketones (excluding diaryl/α,β-unsaturated/α-hetero) is 1. The van der Waals surface area contributed by atoms with E-state index in [2.05, 4.69) is 15.9 Å². The van der Waals surface area contributed by atoms with Gasteiger partial charge in [0.15, 0.2) is 5.78 Å². The standard InChI is InChI=1S/C14H16BrNO2/c1-8(2)14(18)11-7-13-10(6-12(11)15)4-5-16(13)9(3)17/h6-8H,4-5H2,1-3H3. The second kappa shape index (κ2) is 4.84. The Morgan fingerprint density at radius 2 is 2.00 bits per heavy atom. The van der Waals surface area contributed by atoms with Crippen molar-refractivity contribution in [2.75, 3.05) is 11.4 Å². The Morgan fingerprint density at radius 3 is 2.56 bits per heavy atom. The molecule has 4 heteroatoms. The van der Waals surface area contributed by atoms with Crippen LogP contribution in [0, 0.1) is 5.92 Å². The second-order valence-electron chi connectivity index (χ2n) is 4.90. The third kappa shape index (κ3) is 2.21. The van der Waals surface area contributed by atoms with Gasteiger partial charge < -0.3 is 4.90 Å². The van der Waals surface area contributed by atoms with Crippen LogP contribution in [0.3, 0.4) is 0 Å². The second-order valence-corrected chi connectivity index (χ2v) is 5.75. The Morgan fingerprint density at radius 1 is 1.33 bits per heavy atom. The molecule has 3 nitrogen and oxygen atoms in total. The summed E-state index contributed by atoms with van der Waals surface area (Å²) in [5.74, 6) is 0.0747. The minimum absolute atomic E-state index is 0.0269. The molecule has 0 saturated heterocycles. The van der Waals surface area contributed by atoms with Crippen molar-refractivity contribution in [1.29, 1.82) is 0 Å². The third-order valence-electron chi connectivity index (χ3n) is 3.23. The molecule has 18 heavy (non-hydrogen) atoms. The van der Waals surface area contributed by atoms with Gasteiger partial charge in [0.25, 0.3) is 0 Å². The van der Waals surface area contributed by atoms with Gasteiger partial charge in [0, 0.05) is 35.1 Å². The molecule has 0 saturated carbocycles. The molecule has 1 heterocycles. The average molecular weight is 310 g/mol. The van der Waals surface area contributed by atoms with Crippen molar-refractivity contribution in [2.45, 2.75) is 27.2 Å². The highest BCUT2D eigenvalue weighted by atomic mass is 79.9. The highest BCUT2D eigenvalue weighted by Gasteiger charge is 2.25. The molecule has 0 fully saturated rings. The van der Waals surface area contributed by atoms with E-state index in [4.69, 9.17) is 0 Å². The van der Waals surface area contributed by atoms with Crippen molar-refractivity contribution in [3.8, 4) is 0 Å². The van der Waals surface area contributed by atoms with Crippen molar-refractivity contribution in [2.24, 2.45) is 5.92 Å². The summed E-state index contributed by atoms with van der Waals surface area (Å²) in [6, 6.07) is 3.81. The minimum Gasteiger partial charge on any atom is -0.312 e. The van der Waals surface area contributed by atoms with Crippen LogP contribution in [-0.2, 0) is 11.2 Å². The summed E-state index contributed by atoms with van der Waals surface area (Å²) in [5.41, 5.74) is 2.67. The van der Waals surface area contributed by atoms with Gasteiger partial charge in [-0.25, -0.2) is 0 Å². The summed E-state index contributed by atoms with van der Waals surface area (Å²) in [7, 11) is 0. The molecular weight excluding hydrogens is 294 g/mol. The lowest BCUT2D eigenvalue weighted by molar-refractivity contribution is -0.116. The maximum absolute atomic E-state index is 12.1. The van der Waals surface area contributed by atoms with E-state index >= 15 is 0 Å². The summed E-state index contributed by atoms with van der Waals surface area (Å²) in [4.78, 5) is 25.4. The highest BCUT2D eigenvalue weighted by Crippen LogP contribution is 2.34. The molecule has 0 N–H and O–H groups in total. The molecule has 0 unspecified atom stereocenters. The molecule has 0 aromatic heterocycles. The number of rotatable bonds is 2. The predicted molar refractivity (Wildman–Crippen MR) is 75.0 cm³/mol. The van der Waals surface area contributed by atoms with E-state index in [0.717, 1.165) is 22.1 Å². The van der Waals surface area contributed by atoms with Gasteiger partial charge in [0.05, 0.1) is 0 Å². The first kappa shape index (κ1) is 13.3. The first-order valence-electron chi connectivity index (χ1n) is 6.06. The van der Waals surface area contributed by atoms with Gasteiger partial charge in [0.1, 0.15) is 0 Å². The van der Waals surface area contributed by atoms with Gasteiger partial charge in [-0.3, -0.25) is 9.59 Å². The van der Waals surface area contributed by atoms with Crippen molar-refractivity contribution in [3.63, 3.8) is 0 Å². The van der Waals surface area contributed by atoms with E-state index in [1.54, 1.807) is 11.8 Å². The molecular formula is C14H16BrNO2. The van der Waals surface area contributed by atoms with Gasteiger partial charge in [0.2, 0.25) is 5.91 Å². The number of carbonyl (C=O) groups excluding carboxylic acids is 2. The molecule has 1 aromatic rings. The molecule has 1 amide bonds. The predicted octanol–water partition coefficient (Wildman–Crippen LogP) is 3.20. The molecule has 1 aliphatic heterocycles. The van der Waals surface area contributed by atoms with E-state index < -0.39 is 0 Å². The van der Waals surface area contributed by atoms with Crippen molar-refractivity contribution >= 4 is 33.3 Å². The van der Waals surface area contributed by atoms with Crippen LogP contribution in [-0.4, -0.2) is 18.2 Å². The number of hydrogen-bond donors (Lipinski definition) is 0. The zero-order valence-electron chi connectivity index (χ0n) is 10.8. The molecule has 1 aliphatic rings. The average Bonchev–Trinajstić information content (AvgIpc) is 2.69. The van der Waals surface area contributed by atoms with Crippen LogP contribution in [0.15, 0.2) is 16.6 Å². The van der Waals surface area contributed by atoms with E-state index in [9.17, 15) is 9.59 Å². The summed E-state index contributed by atoms with van der Waals surface area (Å²) in [6.07, 6.45) is 0.851. The van der Waals surface area contributed by atoms with Crippen molar-refractivity contribution < 1.29 is 9.59 Å². The molecule has 96 valence electrons. The van der Waals surface area contributed by atoms with Gasteiger partial charge in [-0.2, -0.15) is 0 Å². The zero-order chi connectivity index (χ0) is 13.4. The number of carbonyl (C=O) groups is 2. The third-order valence-corrected chi connectivity index (χ3v) is 3.89. The molecule has 0 atom stereocenters. The van der Waals surface area contributed by atoms with Crippen LogP contribution in [0.25, 0.3) is 0 Å². The number of halogens is 1. The Kier molecular flexibility index (Phi) is 3.57. The summed E-state index contributed by atoms with van der Waals surface area (Å²) in [6.45, 7) is 6.02. The number of benzene rings is 1. The molecule has 1 aromatic carbocycles. The molecule has 0 bridgehead atoms. The van der Waals surface area contributed by atoms with Crippen LogP contribution in [0.1, 0.15) is 36.7 Å². The van der Waals surface area contributed by atoms with Gasteiger partial charge >= 0.3 is 0 Å². The van der Waals surface area contributed by atoms with Crippen LogP contribution in [0.2, 0.25) is 0 Å². The number of fused-ring (bicyclic) bond motifs is 1. The molecule has 2 rings (SSSR count). The van der Waals surface area contributed by atoms with Crippen molar-refractivity contribution in [3.05, 3.63) is 27.7 Å². The normalized spacial score (nSPS) is 13.9. The van der Waals surface area contributed by atoms with Gasteiger partial charge in [-0.1, -0.05) is 29.8 Å². The number of nitrogens with zero attached hydrogens (tertiary/aromatic N) is 1. The fourth-order valence-corrected chi connectivity index (χ4v) is 2.82. The zero-order valence-corrected chi connectivity index (χ0v) is 12.4. The first-order chi connectivity index (χ1) is 8.41. The van der Waals surface area contributed by atoms with Crippen LogP contribution >= 0.6 is 15.9 Å². The SMILES string of the molecule is CC(=O)N1CCc2cc(Br)c(C(=O)C(C)C)cc21. The Balaban J connectivity index is 2.50. The molecule has 0 radical (unpaired) electrons. The van der Waals surface area contributed by atoms with Crippen LogP contribution < -0.4 is 4.90 Å². The molecule has 0 spiro atoms. The number of anilines is 1.